The summed E-state index contributed by atoms with van der Waals surface area (Å²) in [5.41, 5.74) is 3.03. The van der Waals surface area contributed by atoms with Crippen LogP contribution in [0.5, 0.6) is 0 Å². The number of fused-ring (bicyclic) bond motifs is 1. The summed E-state index contributed by atoms with van der Waals surface area (Å²) in [5.74, 6) is 0.715. The number of hydrogen-bond acceptors (Lipinski definition) is 1. The molecule has 1 nitrogen and oxygen atoms in total. The van der Waals surface area contributed by atoms with Crippen molar-refractivity contribution in [3.63, 3.8) is 0 Å². The molecule has 0 bridgehead atoms. The van der Waals surface area contributed by atoms with Gasteiger partial charge in [0.1, 0.15) is 0 Å². The van der Waals surface area contributed by atoms with E-state index in [2.05, 4.69) is 24.3 Å². The lowest BCUT2D eigenvalue weighted by atomic mass is 10.1. The van der Waals surface area contributed by atoms with Crippen LogP contribution in [0.4, 0.5) is 0 Å². The Morgan fingerprint density at radius 3 is 2.33 bits per heavy atom. The third-order valence-corrected chi connectivity index (χ3v) is 2.54. The lowest BCUT2D eigenvalue weighted by Gasteiger charge is -2.05. The lowest BCUT2D eigenvalue weighted by molar-refractivity contribution is 0.156. The van der Waals surface area contributed by atoms with Gasteiger partial charge in [-0.3, -0.25) is 0 Å². The molecule has 2 rings (SSSR count). The predicted molar refractivity (Wildman–Crippen MR) is 49.2 cm³/mol. The van der Waals surface area contributed by atoms with Crippen molar-refractivity contribution < 1.29 is 4.74 Å². The first-order valence-corrected chi connectivity index (χ1v) is 4.46. The zero-order valence-corrected chi connectivity index (χ0v) is 7.42. The zero-order chi connectivity index (χ0) is 8.39. The van der Waals surface area contributed by atoms with E-state index in [9.17, 15) is 0 Å². The van der Waals surface area contributed by atoms with E-state index < -0.39 is 0 Å². The summed E-state index contributed by atoms with van der Waals surface area (Å²) in [7, 11) is 1.78. The number of rotatable bonds is 2. The summed E-state index contributed by atoms with van der Waals surface area (Å²) in [6, 6.07) is 8.69. The molecule has 1 heteroatoms. The summed E-state index contributed by atoms with van der Waals surface area (Å²) in [6.45, 7) is 0.898. The molecule has 0 aromatic heterocycles. The van der Waals surface area contributed by atoms with Crippen molar-refractivity contribution in [2.45, 2.75) is 12.8 Å². The van der Waals surface area contributed by atoms with E-state index in [1.165, 1.54) is 24.0 Å². The predicted octanol–water partition coefficient (Wildman–Crippen LogP) is 2.05. The van der Waals surface area contributed by atoms with Gasteiger partial charge in [0, 0.05) is 13.7 Å². The second-order valence-corrected chi connectivity index (χ2v) is 3.50. The second-order valence-electron chi connectivity index (χ2n) is 3.50. The Labute approximate surface area is 73.4 Å². The molecule has 64 valence electrons. The van der Waals surface area contributed by atoms with Crippen molar-refractivity contribution in [3.05, 3.63) is 35.4 Å². The highest BCUT2D eigenvalue weighted by Gasteiger charge is 2.19. The van der Waals surface area contributed by atoms with Crippen LogP contribution in [0.15, 0.2) is 24.3 Å². The number of hydrogen-bond donors (Lipinski definition) is 0. The van der Waals surface area contributed by atoms with Crippen LogP contribution in [-0.2, 0) is 17.6 Å². The van der Waals surface area contributed by atoms with Gasteiger partial charge in [0.05, 0.1) is 0 Å². The zero-order valence-electron chi connectivity index (χ0n) is 7.42. The molecule has 0 saturated carbocycles. The van der Waals surface area contributed by atoms with Gasteiger partial charge in [0.2, 0.25) is 0 Å². The highest BCUT2D eigenvalue weighted by molar-refractivity contribution is 5.31. The minimum atomic E-state index is 0.715. The topological polar surface area (TPSA) is 9.23 Å². The minimum absolute atomic E-state index is 0.715. The largest absolute Gasteiger partial charge is 0.384 e. The van der Waals surface area contributed by atoms with Crippen molar-refractivity contribution in [1.82, 2.24) is 0 Å². The van der Waals surface area contributed by atoms with E-state index in [4.69, 9.17) is 4.74 Å². The normalized spacial score (nSPS) is 16.4. The van der Waals surface area contributed by atoms with Gasteiger partial charge in [-0.15, -0.1) is 0 Å². The van der Waals surface area contributed by atoms with E-state index in [0.29, 0.717) is 5.92 Å². The van der Waals surface area contributed by atoms with Crippen molar-refractivity contribution >= 4 is 0 Å². The molecule has 1 aliphatic rings. The van der Waals surface area contributed by atoms with E-state index in [1.807, 2.05) is 0 Å². The van der Waals surface area contributed by atoms with Crippen LogP contribution in [0, 0.1) is 5.92 Å². The van der Waals surface area contributed by atoms with Gasteiger partial charge in [0.25, 0.3) is 0 Å². The molecule has 1 aromatic carbocycles. The van der Waals surface area contributed by atoms with E-state index in [0.717, 1.165) is 6.61 Å². The Bertz CT molecular complexity index is 242. The Hall–Kier alpha value is -0.820. The molecule has 1 aromatic rings. The third-order valence-electron chi connectivity index (χ3n) is 2.54. The molecule has 0 unspecified atom stereocenters. The van der Waals surface area contributed by atoms with E-state index >= 15 is 0 Å². The summed E-state index contributed by atoms with van der Waals surface area (Å²) < 4.78 is 5.16. The number of ether oxygens (including phenoxy) is 1. The highest BCUT2D eigenvalue weighted by Crippen LogP contribution is 2.26. The van der Waals surface area contributed by atoms with Crippen molar-refractivity contribution in [2.24, 2.45) is 5.92 Å². The molecule has 0 heterocycles. The molecule has 0 spiro atoms. The van der Waals surface area contributed by atoms with Gasteiger partial charge < -0.3 is 4.74 Å². The molecule has 0 radical (unpaired) electrons. The molecule has 0 atom stereocenters. The molecule has 0 N–H and O–H groups in total. The fraction of sp³-hybridized carbons (Fsp3) is 0.455. The van der Waals surface area contributed by atoms with Crippen molar-refractivity contribution in [3.8, 4) is 0 Å². The fourth-order valence-corrected chi connectivity index (χ4v) is 2.00. The van der Waals surface area contributed by atoms with Crippen LogP contribution in [0.3, 0.4) is 0 Å². The average molecular weight is 162 g/mol. The first-order valence-electron chi connectivity index (χ1n) is 4.46. The van der Waals surface area contributed by atoms with Gasteiger partial charge in [-0.2, -0.15) is 0 Å². The van der Waals surface area contributed by atoms with Crippen molar-refractivity contribution in [2.75, 3.05) is 13.7 Å². The smallest absolute Gasteiger partial charge is 0.0496 e. The minimum Gasteiger partial charge on any atom is -0.384 e. The average Bonchev–Trinajstić information content (AvgIpc) is 2.47. The van der Waals surface area contributed by atoms with Crippen LogP contribution in [-0.4, -0.2) is 13.7 Å². The van der Waals surface area contributed by atoms with Gasteiger partial charge >= 0.3 is 0 Å². The Morgan fingerprint density at radius 1 is 1.25 bits per heavy atom. The standard InChI is InChI=1S/C11H14O/c1-12-8-9-6-10-4-2-3-5-11(10)7-9/h2-5,9H,6-8H2,1H3. The summed E-state index contributed by atoms with van der Waals surface area (Å²) in [4.78, 5) is 0. The molecule has 0 amide bonds. The van der Waals surface area contributed by atoms with E-state index in [1.54, 1.807) is 7.11 Å². The first-order chi connectivity index (χ1) is 5.90. The molecule has 0 aliphatic heterocycles. The molecular formula is C11H14O. The Kier molecular flexibility index (Phi) is 2.13. The highest BCUT2D eigenvalue weighted by atomic mass is 16.5. The SMILES string of the molecule is COCC1Cc2ccccc2C1. The van der Waals surface area contributed by atoms with Gasteiger partial charge in [0.15, 0.2) is 0 Å². The Balaban J connectivity index is 2.11. The van der Waals surface area contributed by atoms with Crippen LogP contribution in [0.2, 0.25) is 0 Å². The molecule has 1 aliphatic carbocycles. The molecule has 0 saturated heterocycles. The van der Waals surface area contributed by atoms with Crippen LogP contribution < -0.4 is 0 Å². The quantitative estimate of drug-likeness (QED) is 0.646. The second kappa shape index (κ2) is 3.28. The molecule has 0 fully saturated rings. The van der Waals surface area contributed by atoms with Crippen LogP contribution in [0.25, 0.3) is 0 Å². The Morgan fingerprint density at radius 2 is 1.83 bits per heavy atom. The monoisotopic (exact) mass is 162 g/mol. The number of methoxy groups -OCH3 is 1. The lowest BCUT2D eigenvalue weighted by Crippen LogP contribution is -2.07. The fourth-order valence-electron chi connectivity index (χ4n) is 2.00. The summed E-state index contributed by atoms with van der Waals surface area (Å²) >= 11 is 0. The maximum atomic E-state index is 5.16. The number of benzene rings is 1. The van der Waals surface area contributed by atoms with Gasteiger partial charge in [-0.05, 0) is 29.9 Å². The summed E-state index contributed by atoms with van der Waals surface area (Å²) in [5, 5.41) is 0. The first kappa shape index (κ1) is 7.81. The molecular weight excluding hydrogens is 148 g/mol. The maximum absolute atomic E-state index is 5.16. The van der Waals surface area contributed by atoms with Crippen LogP contribution >= 0.6 is 0 Å². The van der Waals surface area contributed by atoms with Gasteiger partial charge in [-0.25, -0.2) is 0 Å². The maximum Gasteiger partial charge on any atom is 0.0496 e. The third kappa shape index (κ3) is 1.37. The van der Waals surface area contributed by atoms with Crippen LogP contribution in [0.1, 0.15) is 11.1 Å². The van der Waals surface area contributed by atoms with Crippen molar-refractivity contribution in [1.29, 1.82) is 0 Å². The van der Waals surface area contributed by atoms with Gasteiger partial charge in [-0.1, -0.05) is 24.3 Å². The van der Waals surface area contributed by atoms with E-state index in [-0.39, 0.29) is 0 Å². The summed E-state index contributed by atoms with van der Waals surface area (Å²) in [6.07, 6.45) is 2.40. The molecule has 12 heavy (non-hydrogen) atoms.